The van der Waals surface area contributed by atoms with E-state index in [0.29, 0.717) is 22.1 Å². The quantitative estimate of drug-likeness (QED) is 0.660. The lowest BCUT2D eigenvalue weighted by Crippen LogP contribution is -2.48. The lowest BCUT2D eigenvalue weighted by molar-refractivity contribution is -0.0638. The van der Waals surface area contributed by atoms with Crippen LogP contribution in [0.2, 0.25) is 0 Å². The molecule has 4 saturated carbocycles. The molecule has 1 N–H and O–H groups in total. The van der Waals surface area contributed by atoms with Gasteiger partial charge in [0.2, 0.25) is 0 Å². The van der Waals surface area contributed by atoms with Crippen molar-refractivity contribution in [1.82, 2.24) is 24.7 Å². The predicted molar refractivity (Wildman–Crippen MR) is 112 cm³/mol. The Morgan fingerprint density at radius 3 is 2.50 bits per heavy atom. The molecule has 0 saturated heterocycles. The number of aromatic amines is 1. The molecule has 0 spiro atoms. The van der Waals surface area contributed by atoms with E-state index in [1.54, 1.807) is 12.5 Å². The summed E-state index contributed by atoms with van der Waals surface area (Å²) in [6, 6.07) is 0. The van der Waals surface area contributed by atoms with Crippen LogP contribution in [0.15, 0.2) is 18.7 Å². The third-order valence-corrected chi connectivity index (χ3v) is 7.88. The molecule has 3 aromatic rings. The largest absolute Gasteiger partial charge is 0.465 e. The number of pyridine rings is 1. The molecule has 0 aromatic carbocycles. The molecule has 7 heteroatoms. The molecule has 4 bridgehead atoms. The molecular weight excluding hydrogens is 378 g/mol. The highest BCUT2D eigenvalue weighted by molar-refractivity contribution is 6.07. The van der Waals surface area contributed by atoms with Crippen molar-refractivity contribution in [2.24, 2.45) is 23.2 Å². The average molecular weight is 406 g/mol. The fourth-order valence-electron chi connectivity index (χ4n) is 7.07. The number of methoxy groups -OCH3 is 1. The summed E-state index contributed by atoms with van der Waals surface area (Å²) in [7, 11) is 1.40. The molecule has 156 valence electrons. The molecule has 3 aromatic heterocycles. The molecule has 4 aliphatic carbocycles. The Morgan fingerprint density at radius 2 is 1.83 bits per heavy atom. The van der Waals surface area contributed by atoms with Gasteiger partial charge in [0, 0.05) is 29.6 Å². The number of imidazole rings is 1. The standard InChI is InChI=1S/C23H27N5O2/c1-13-17(18-9-24-21-20(25-12-26-21)19(18)22(29)30-2)10-27-28(13)11-23-6-14-3-15(7-23)5-16(4-14)8-23/h9-10,12,14-16H,3-8,11H2,1-2H3,(H,24,25,26). The van der Waals surface area contributed by atoms with Gasteiger partial charge in [-0.25, -0.2) is 14.8 Å². The smallest absolute Gasteiger partial charge is 0.340 e. The van der Waals surface area contributed by atoms with Gasteiger partial charge in [-0.3, -0.25) is 4.68 Å². The molecule has 4 fully saturated rings. The van der Waals surface area contributed by atoms with E-state index in [9.17, 15) is 4.79 Å². The van der Waals surface area contributed by atoms with Crippen LogP contribution in [0.25, 0.3) is 22.3 Å². The fourth-order valence-corrected chi connectivity index (χ4v) is 7.07. The van der Waals surface area contributed by atoms with Crippen LogP contribution in [0.5, 0.6) is 0 Å². The zero-order valence-corrected chi connectivity index (χ0v) is 17.5. The lowest BCUT2D eigenvalue weighted by Gasteiger charge is -2.56. The highest BCUT2D eigenvalue weighted by atomic mass is 16.5. The van der Waals surface area contributed by atoms with E-state index >= 15 is 0 Å². The Kier molecular flexibility index (Phi) is 3.86. The van der Waals surface area contributed by atoms with Crippen molar-refractivity contribution in [1.29, 1.82) is 0 Å². The third-order valence-electron chi connectivity index (χ3n) is 7.88. The van der Waals surface area contributed by atoms with Crippen molar-refractivity contribution in [3.8, 4) is 11.1 Å². The van der Waals surface area contributed by atoms with Gasteiger partial charge in [0.15, 0.2) is 5.65 Å². The number of hydrogen-bond donors (Lipinski definition) is 1. The van der Waals surface area contributed by atoms with Crippen molar-refractivity contribution in [3.63, 3.8) is 0 Å². The van der Waals surface area contributed by atoms with Gasteiger partial charge >= 0.3 is 5.97 Å². The van der Waals surface area contributed by atoms with Gasteiger partial charge in [0.25, 0.3) is 0 Å². The van der Waals surface area contributed by atoms with Crippen LogP contribution in [0, 0.1) is 30.1 Å². The Labute approximate surface area is 175 Å². The van der Waals surface area contributed by atoms with Gasteiger partial charge < -0.3 is 9.72 Å². The Balaban J connectivity index is 1.39. The molecule has 0 aliphatic heterocycles. The van der Waals surface area contributed by atoms with Crippen molar-refractivity contribution in [2.45, 2.75) is 52.0 Å². The van der Waals surface area contributed by atoms with Crippen LogP contribution < -0.4 is 0 Å². The maximum absolute atomic E-state index is 12.6. The third kappa shape index (κ3) is 2.63. The molecule has 30 heavy (non-hydrogen) atoms. The highest BCUT2D eigenvalue weighted by Crippen LogP contribution is 2.60. The Hall–Kier alpha value is -2.70. The van der Waals surface area contributed by atoms with Crippen LogP contribution in [0.1, 0.15) is 54.6 Å². The summed E-state index contributed by atoms with van der Waals surface area (Å²) < 4.78 is 7.23. The summed E-state index contributed by atoms with van der Waals surface area (Å²) in [5.41, 5.74) is 4.70. The summed E-state index contributed by atoms with van der Waals surface area (Å²) in [6.45, 7) is 3.08. The monoisotopic (exact) mass is 405 g/mol. The van der Waals surface area contributed by atoms with E-state index in [1.165, 1.54) is 45.6 Å². The molecule has 7 nitrogen and oxygen atoms in total. The van der Waals surface area contributed by atoms with Gasteiger partial charge in [-0.15, -0.1) is 0 Å². The first-order valence-electron chi connectivity index (χ1n) is 11.0. The van der Waals surface area contributed by atoms with Gasteiger partial charge in [-0.05, 0) is 68.6 Å². The van der Waals surface area contributed by atoms with Crippen molar-refractivity contribution in [2.75, 3.05) is 7.11 Å². The molecule has 0 radical (unpaired) electrons. The van der Waals surface area contributed by atoms with Gasteiger partial charge in [0.1, 0.15) is 5.52 Å². The summed E-state index contributed by atoms with van der Waals surface area (Å²) in [4.78, 5) is 24.4. The number of rotatable bonds is 4. The Morgan fingerprint density at radius 1 is 1.13 bits per heavy atom. The van der Waals surface area contributed by atoms with Crippen molar-refractivity contribution >= 4 is 17.1 Å². The van der Waals surface area contributed by atoms with Gasteiger partial charge in [-0.1, -0.05) is 0 Å². The van der Waals surface area contributed by atoms with E-state index in [4.69, 9.17) is 9.84 Å². The number of aromatic nitrogens is 5. The number of nitrogens with one attached hydrogen (secondary N) is 1. The predicted octanol–water partition coefficient (Wildman–Crippen LogP) is 4.13. The second-order valence-corrected chi connectivity index (χ2v) is 9.86. The molecule has 0 amide bonds. The van der Waals surface area contributed by atoms with Crippen LogP contribution in [-0.2, 0) is 11.3 Å². The van der Waals surface area contributed by atoms with Crippen LogP contribution >= 0.6 is 0 Å². The van der Waals surface area contributed by atoms with Crippen LogP contribution in [-0.4, -0.2) is 37.8 Å². The van der Waals surface area contributed by atoms with Gasteiger partial charge in [0.05, 0.1) is 25.2 Å². The summed E-state index contributed by atoms with van der Waals surface area (Å²) >= 11 is 0. The summed E-state index contributed by atoms with van der Waals surface area (Å²) in [5, 5.41) is 4.77. The number of carbonyl (C=O) groups excluding carboxylic acids is 1. The second kappa shape index (κ2) is 6.40. The SMILES string of the molecule is COC(=O)c1c(-c2cnn(CC34CC5CC(CC(C5)C3)C4)c2C)cnc2[nH]cnc12. The highest BCUT2D eigenvalue weighted by Gasteiger charge is 2.51. The maximum Gasteiger partial charge on any atom is 0.340 e. The average Bonchev–Trinajstić information content (AvgIpc) is 3.32. The van der Waals surface area contributed by atoms with Crippen molar-refractivity contribution in [3.05, 3.63) is 30.0 Å². The zero-order chi connectivity index (χ0) is 20.5. The minimum Gasteiger partial charge on any atom is -0.465 e. The lowest BCUT2D eigenvalue weighted by atomic mass is 9.49. The van der Waals surface area contributed by atoms with E-state index in [-0.39, 0.29) is 0 Å². The van der Waals surface area contributed by atoms with E-state index in [2.05, 4.69) is 26.6 Å². The second-order valence-electron chi connectivity index (χ2n) is 9.86. The van der Waals surface area contributed by atoms with E-state index < -0.39 is 5.97 Å². The number of H-pyrrole nitrogens is 1. The number of hydrogen-bond acceptors (Lipinski definition) is 5. The number of esters is 1. The number of nitrogens with zero attached hydrogens (tertiary/aromatic N) is 4. The normalized spacial score (nSPS) is 29.6. The zero-order valence-electron chi connectivity index (χ0n) is 17.5. The minimum atomic E-state index is -0.405. The molecular formula is C23H27N5O2. The summed E-state index contributed by atoms with van der Waals surface area (Å²) in [6.07, 6.45) is 13.5. The number of carbonyl (C=O) groups is 1. The Bertz CT molecular complexity index is 1110. The number of fused-ring (bicyclic) bond motifs is 1. The van der Waals surface area contributed by atoms with E-state index in [0.717, 1.165) is 41.1 Å². The van der Waals surface area contributed by atoms with Gasteiger partial charge in [-0.2, -0.15) is 5.10 Å². The molecule has 0 unspecified atom stereocenters. The molecule has 4 aliphatic rings. The first kappa shape index (κ1) is 18.1. The molecule has 0 atom stereocenters. The molecule has 7 rings (SSSR count). The van der Waals surface area contributed by atoms with Crippen LogP contribution in [0.4, 0.5) is 0 Å². The molecule has 3 heterocycles. The van der Waals surface area contributed by atoms with Crippen molar-refractivity contribution < 1.29 is 9.53 Å². The number of ether oxygens (including phenoxy) is 1. The first-order valence-corrected chi connectivity index (χ1v) is 11.0. The first-order chi connectivity index (χ1) is 14.5. The summed E-state index contributed by atoms with van der Waals surface area (Å²) in [5.74, 6) is 2.36. The fraction of sp³-hybridized carbons (Fsp3) is 0.565. The minimum absolute atomic E-state index is 0.401. The topological polar surface area (TPSA) is 85.7 Å². The maximum atomic E-state index is 12.6. The van der Waals surface area contributed by atoms with E-state index in [1.807, 2.05) is 6.20 Å². The van der Waals surface area contributed by atoms with Crippen LogP contribution in [0.3, 0.4) is 0 Å².